The van der Waals surface area contributed by atoms with Crippen LogP contribution in [0.25, 0.3) is 0 Å². The molecule has 1 unspecified atom stereocenters. The zero-order chi connectivity index (χ0) is 29.2. The molecule has 1 atom stereocenters. The minimum atomic E-state index is -0.956. The topological polar surface area (TPSA) is 62.7 Å². The van der Waals surface area contributed by atoms with Gasteiger partial charge in [0.2, 0.25) is 0 Å². The van der Waals surface area contributed by atoms with Gasteiger partial charge in [0, 0.05) is 31.0 Å². The Hall–Kier alpha value is -3.78. The Kier molecular flexibility index (Phi) is 10.8. The van der Waals surface area contributed by atoms with E-state index in [0.717, 1.165) is 53.3 Å². The lowest BCUT2D eigenvalue weighted by atomic mass is 10.0. The number of nitrogens with zero attached hydrogens (tertiary/aromatic N) is 2. The van der Waals surface area contributed by atoms with E-state index in [2.05, 4.69) is 36.3 Å². The molecule has 0 aliphatic rings. The summed E-state index contributed by atoms with van der Waals surface area (Å²) in [5.41, 5.74) is 4.63. The second-order valence-electron chi connectivity index (χ2n) is 10.4. The van der Waals surface area contributed by atoms with Crippen LogP contribution in [0.15, 0.2) is 72.1 Å². The maximum Gasteiger partial charge on any atom is 0.303 e. The number of thiazole rings is 1. The average Bonchev–Trinajstić information content (AvgIpc) is 3.43. The summed E-state index contributed by atoms with van der Waals surface area (Å²) in [6.07, 6.45) is 2.88. The predicted octanol–water partition coefficient (Wildman–Crippen LogP) is 7.86. The van der Waals surface area contributed by atoms with Crippen molar-refractivity contribution < 1.29 is 23.4 Å². The highest BCUT2D eigenvalue weighted by molar-refractivity contribution is 7.13. The van der Waals surface area contributed by atoms with Gasteiger partial charge in [0.15, 0.2) is 5.13 Å². The molecule has 8 heteroatoms. The highest BCUT2D eigenvalue weighted by Gasteiger charge is 2.14. The molecule has 0 amide bonds. The van der Waals surface area contributed by atoms with Crippen molar-refractivity contribution >= 4 is 22.4 Å². The molecule has 0 fully saturated rings. The number of carboxylic acids is 1. The Balaban J connectivity index is 1.39. The van der Waals surface area contributed by atoms with E-state index < -0.39 is 11.8 Å². The number of hydrogen-bond acceptors (Lipinski definition) is 5. The van der Waals surface area contributed by atoms with E-state index in [0.29, 0.717) is 23.8 Å². The average molecular weight is 579 g/mol. The fourth-order valence-corrected chi connectivity index (χ4v) is 5.25. The first-order valence-corrected chi connectivity index (χ1v) is 14.8. The van der Waals surface area contributed by atoms with Crippen molar-refractivity contribution in [2.45, 2.75) is 59.1 Å². The summed E-state index contributed by atoms with van der Waals surface area (Å²) >= 11 is 1.66. The fraction of sp³-hybridized carbons (Fsp3) is 0.333. The molecule has 216 valence electrons. The van der Waals surface area contributed by atoms with E-state index in [1.165, 1.54) is 18.2 Å². The zero-order valence-electron chi connectivity index (χ0n) is 23.5. The molecule has 0 spiro atoms. The number of anilines is 1. The van der Waals surface area contributed by atoms with E-state index in [1.54, 1.807) is 23.5 Å². The molecule has 1 aromatic heterocycles. The molecule has 0 saturated heterocycles. The molecule has 0 saturated carbocycles. The van der Waals surface area contributed by atoms with Crippen LogP contribution in [0.1, 0.15) is 54.6 Å². The molecule has 4 rings (SSSR count). The van der Waals surface area contributed by atoms with Gasteiger partial charge in [-0.05, 0) is 65.6 Å². The van der Waals surface area contributed by atoms with E-state index in [-0.39, 0.29) is 25.3 Å². The number of carbonyl (C=O) groups is 1. The van der Waals surface area contributed by atoms with Gasteiger partial charge in [0.1, 0.15) is 24.0 Å². The van der Waals surface area contributed by atoms with Crippen molar-refractivity contribution in [1.29, 1.82) is 0 Å². The summed E-state index contributed by atoms with van der Waals surface area (Å²) < 4.78 is 33.5. The molecule has 0 aliphatic heterocycles. The lowest BCUT2D eigenvalue weighted by molar-refractivity contribution is -0.136. The fourth-order valence-electron chi connectivity index (χ4n) is 4.38. The third kappa shape index (κ3) is 9.39. The van der Waals surface area contributed by atoms with Crippen molar-refractivity contribution in [2.24, 2.45) is 5.92 Å². The van der Waals surface area contributed by atoms with Crippen LogP contribution in [0.4, 0.5) is 13.9 Å². The largest absolute Gasteiger partial charge is 0.489 e. The van der Waals surface area contributed by atoms with Gasteiger partial charge in [0.25, 0.3) is 0 Å². The van der Waals surface area contributed by atoms with E-state index in [4.69, 9.17) is 14.8 Å². The molecular formula is C33H36F2N2O3S. The number of halogens is 2. The Morgan fingerprint density at radius 3 is 2.39 bits per heavy atom. The van der Waals surface area contributed by atoms with Crippen molar-refractivity contribution in [1.82, 2.24) is 4.98 Å². The Labute approximate surface area is 244 Å². The number of aromatic nitrogens is 1. The first-order valence-electron chi connectivity index (χ1n) is 13.9. The van der Waals surface area contributed by atoms with Crippen LogP contribution in [0, 0.1) is 17.6 Å². The SMILES string of the molecule is CCC(C)Cc1csc(N(CCc2ccc(F)cc2)Cc2ccc(COc3ccc(CCC(=O)O)c(F)c3)cc2)n1. The van der Waals surface area contributed by atoms with Gasteiger partial charge in [-0.2, -0.15) is 0 Å². The van der Waals surface area contributed by atoms with Gasteiger partial charge in [-0.15, -0.1) is 11.3 Å². The van der Waals surface area contributed by atoms with Gasteiger partial charge in [-0.25, -0.2) is 13.8 Å². The lowest BCUT2D eigenvalue weighted by Crippen LogP contribution is -2.25. The molecule has 1 N–H and O–H groups in total. The quantitative estimate of drug-likeness (QED) is 0.156. The Morgan fingerprint density at radius 1 is 1.00 bits per heavy atom. The first-order chi connectivity index (χ1) is 19.8. The van der Waals surface area contributed by atoms with Crippen LogP contribution in [-0.4, -0.2) is 22.6 Å². The summed E-state index contributed by atoms with van der Waals surface area (Å²) in [6, 6.07) is 19.3. The minimum absolute atomic E-state index is 0.116. The first kappa shape index (κ1) is 30.2. The van der Waals surface area contributed by atoms with Gasteiger partial charge in [0.05, 0.1) is 5.69 Å². The molecule has 3 aromatic carbocycles. The minimum Gasteiger partial charge on any atom is -0.489 e. The van der Waals surface area contributed by atoms with Crippen LogP contribution < -0.4 is 9.64 Å². The Morgan fingerprint density at radius 2 is 1.71 bits per heavy atom. The maximum atomic E-state index is 14.3. The standard InChI is InChI=1S/C33H36F2N2O3S/c1-3-23(2)18-29-22-41-33(36-29)37(17-16-24-8-12-28(34)13-9-24)20-25-4-6-26(7-5-25)21-40-30-14-10-27(31(35)19-30)11-15-32(38)39/h4-10,12-14,19,22-23H,3,11,15-18,20-21H2,1-2H3,(H,38,39). The maximum absolute atomic E-state index is 14.3. The third-order valence-electron chi connectivity index (χ3n) is 7.08. The highest BCUT2D eigenvalue weighted by Crippen LogP contribution is 2.26. The summed E-state index contributed by atoms with van der Waals surface area (Å²) in [4.78, 5) is 18.0. The molecule has 0 radical (unpaired) electrons. The monoisotopic (exact) mass is 578 g/mol. The number of rotatable bonds is 15. The summed E-state index contributed by atoms with van der Waals surface area (Å²) in [5.74, 6) is -0.674. The smallest absolute Gasteiger partial charge is 0.303 e. The molecule has 0 bridgehead atoms. The van der Waals surface area contributed by atoms with Gasteiger partial charge in [-0.1, -0.05) is 62.7 Å². The molecule has 4 aromatic rings. The van der Waals surface area contributed by atoms with Crippen LogP contribution in [0.5, 0.6) is 5.75 Å². The summed E-state index contributed by atoms with van der Waals surface area (Å²) in [6.45, 7) is 6.15. The van der Waals surface area contributed by atoms with Crippen LogP contribution in [-0.2, 0) is 37.2 Å². The Bertz CT molecular complexity index is 1410. The molecular weight excluding hydrogens is 542 g/mol. The van der Waals surface area contributed by atoms with Crippen molar-refractivity contribution in [3.05, 3.63) is 112 Å². The van der Waals surface area contributed by atoms with Gasteiger partial charge in [-0.3, -0.25) is 4.79 Å². The van der Waals surface area contributed by atoms with Gasteiger partial charge < -0.3 is 14.7 Å². The van der Waals surface area contributed by atoms with Gasteiger partial charge >= 0.3 is 5.97 Å². The summed E-state index contributed by atoms with van der Waals surface area (Å²) in [5, 5.41) is 11.9. The number of benzene rings is 3. The van der Waals surface area contributed by atoms with Crippen molar-refractivity contribution in [3.8, 4) is 5.75 Å². The van der Waals surface area contributed by atoms with Crippen molar-refractivity contribution in [2.75, 3.05) is 11.4 Å². The van der Waals surface area contributed by atoms with Crippen LogP contribution >= 0.6 is 11.3 Å². The molecule has 1 heterocycles. The summed E-state index contributed by atoms with van der Waals surface area (Å²) in [7, 11) is 0. The lowest BCUT2D eigenvalue weighted by Gasteiger charge is -2.22. The highest BCUT2D eigenvalue weighted by atomic mass is 32.1. The molecule has 0 aliphatic carbocycles. The predicted molar refractivity (Wildman–Crippen MR) is 160 cm³/mol. The zero-order valence-corrected chi connectivity index (χ0v) is 24.3. The normalized spacial score (nSPS) is 11.8. The third-order valence-corrected chi connectivity index (χ3v) is 8.03. The second-order valence-corrected chi connectivity index (χ2v) is 11.2. The van der Waals surface area contributed by atoms with E-state index >= 15 is 0 Å². The van der Waals surface area contributed by atoms with E-state index in [9.17, 15) is 13.6 Å². The molecule has 41 heavy (non-hydrogen) atoms. The van der Waals surface area contributed by atoms with Crippen LogP contribution in [0.2, 0.25) is 0 Å². The number of aliphatic carboxylic acids is 1. The van der Waals surface area contributed by atoms with Crippen LogP contribution in [0.3, 0.4) is 0 Å². The number of ether oxygens (including phenoxy) is 1. The number of carboxylic acid groups (broad SMARTS) is 1. The molecule has 5 nitrogen and oxygen atoms in total. The van der Waals surface area contributed by atoms with Crippen molar-refractivity contribution in [3.63, 3.8) is 0 Å². The number of hydrogen-bond donors (Lipinski definition) is 1. The second kappa shape index (κ2) is 14.7. The van der Waals surface area contributed by atoms with E-state index in [1.807, 2.05) is 24.3 Å². The number of aryl methyl sites for hydroxylation is 1.